The van der Waals surface area contributed by atoms with Gasteiger partial charge in [-0.1, -0.05) is 24.3 Å². The molecule has 6 nitrogen and oxygen atoms in total. The fraction of sp³-hybridized carbons (Fsp3) is 0.516. The number of piperazine rings is 1. The molecule has 2 heterocycles. The zero-order valence-corrected chi connectivity index (χ0v) is 22.7. The molecular formula is C31H42N4O2. The number of anilines is 1. The number of ether oxygens (including phenoxy) is 1. The molecule has 0 aromatic heterocycles. The van der Waals surface area contributed by atoms with Gasteiger partial charge < -0.3 is 15.0 Å². The van der Waals surface area contributed by atoms with Gasteiger partial charge in [0.1, 0.15) is 0 Å². The molecule has 1 aliphatic carbocycles. The molecule has 6 heteroatoms. The number of fused-ring (bicyclic) bond motifs is 1. The second-order valence-electron chi connectivity index (χ2n) is 11.0. The number of hydrogen-bond donors (Lipinski definition) is 1. The highest BCUT2D eigenvalue weighted by atomic mass is 16.5. The summed E-state index contributed by atoms with van der Waals surface area (Å²) in [6, 6.07) is 16.1. The number of hydrogen-bond acceptors (Lipinski definition) is 6. The molecule has 1 N–H and O–H groups in total. The van der Waals surface area contributed by atoms with Crippen LogP contribution in [-0.2, 0) is 11.2 Å². The summed E-state index contributed by atoms with van der Waals surface area (Å²) < 4.78 is 4.88. The zero-order valence-electron chi connectivity index (χ0n) is 22.7. The Balaban J connectivity index is 1.10. The van der Waals surface area contributed by atoms with Crippen molar-refractivity contribution in [2.45, 2.75) is 45.2 Å². The Kier molecular flexibility index (Phi) is 8.28. The van der Waals surface area contributed by atoms with Gasteiger partial charge in [0, 0.05) is 70.1 Å². The molecule has 3 aliphatic rings. The highest BCUT2D eigenvalue weighted by molar-refractivity contribution is 5.94. The van der Waals surface area contributed by atoms with Crippen molar-refractivity contribution in [1.29, 1.82) is 0 Å². The topological polar surface area (TPSA) is 48.1 Å². The van der Waals surface area contributed by atoms with Gasteiger partial charge in [-0.15, -0.1) is 0 Å². The maximum Gasteiger partial charge on any atom is 0.337 e. The maximum atomic E-state index is 11.9. The number of piperidine rings is 1. The number of esters is 1. The molecule has 0 radical (unpaired) electrons. The first-order valence-corrected chi connectivity index (χ1v) is 14.0. The molecule has 5 rings (SSSR count). The molecule has 0 unspecified atom stereocenters. The maximum absolute atomic E-state index is 11.9. The predicted molar refractivity (Wildman–Crippen MR) is 152 cm³/mol. The number of carbonyl (C=O) groups excluding carboxylic acids is 1. The number of nitrogens with zero attached hydrogens (tertiary/aromatic N) is 3. The number of allylic oxidation sites excluding steroid dienone is 1. The van der Waals surface area contributed by atoms with Crippen LogP contribution < -0.4 is 10.2 Å². The molecule has 198 valence electrons. The summed E-state index contributed by atoms with van der Waals surface area (Å²) in [5.41, 5.74) is 6.89. The Morgan fingerprint density at radius 2 is 1.81 bits per heavy atom. The van der Waals surface area contributed by atoms with Gasteiger partial charge in [0.05, 0.1) is 12.7 Å². The highest BCUT2D eigenvalue weighted by Crippen LogP contribution is 2.34. The Labute approximate surface area is 222 Å². The van der Waals surface area contributed by atoms with E-state index in [4.69, 9.17) is 4.74 Å². The lowest BCUT2D eigenvalue weighted by molar-refractivity contribution is 0.0600. The number of benzene rings is 2. The minimum absolute atomic E-state index is 0.283. The van der Waals surface area contributed by atoms with Crippen molar-refractivity contribution in [2.75, 3.05) is 64.4 Å². The smallest absolute Gasteiger partial charge is 0.337 e. The standard InChI is InChI=1S/C31H42N4O2/c1-23(2)34-17-15-33(16-18-34)14-11-32-29-9-12-35(13-10-29)30-6-4-5-24(22-30)27-19-25-7-8-26(31(36)37-3)20-28(25)21-27/h4-8,20-23,29,32H,9-19H2,1-3H3. The molecule has 2 aromatic carbocycles. The van der Waals surface area contributed by atoms with Crippen molar-refractivity contribution >= 4 is 23.3 Å². The summed E-state index contributed by atoms with van der Waals surface area (Å²) in [6.45, 7) is 13.8. The molecule has 2 fully saturated rings. The number of methoxy groups -OCH3 is 1. The lowest BCUT2D eigenvalue weighted by atomic mass is 10.0. The molecule has 37 heavy (non-hydrogen) atoms. The van der Waals surface area contributed by atoms with Crippen molar-refractivity contribution in [3.8, 4) is 0 Å². The fourth-order valence-electron chi connectivity index (χ4n) is 5.94. The van der Waals surface area contributed by atoms with Crippen molar-refractivity contribution in [3.05, 3.63) is 64.7 Å². The van der Waals surface area contributed by atoms with Crippen molar-refractivity contribution in [2.24, 2.45) is 0 Å². The van der Waals surface area contributed by atoms with Crippen LogP contribution in [0.5, 0.6) is 0 Å². The first-order valence-electron chi connectivity index (χ1n) is 14.0. The van der Waals surface area contributed by atoms with E-state index in [9.17, 15) is 4.79 Å². The van der Waals surface area contributed by atoms with Crippen LogP contribution in [-0.4, -0.2) is 87.3 Å². The van der Waals surface area contributed by atoms with Crippen molar-refractivity contribution < 1.29 is 9.53 Å². The summed E-state index contributed by atoms with van der Waals surface area (Å²) in [5, 5.41) is 3.83. The van der Waals surface area contributed by atoms with E-state index in [1.54, 1.807) is 0 Å². The second kappa shape index (κ2) is 11.8. The van der Waals surface area contributed by atoms with E-state index in [1.807, 2.05) is 12.1 Å². The normalized spacial score (nSPS) is 19.2. The summed E-state index contributed by atoms with van der Waals surface area (Å²) in [4.78, 5) is 19.6. The molecule has 2 aliphatic heterocycles. The third-order valence-corrected chi connectivity index (χ3v) is 8.35. The molecule has 0 bridgehead atoms. The van der Waals surface area contributed by atoms with E-state index in [1.165, 1.54) is 68.5 Å². The third-order valence-electron chi connectivity index (χ3n) is 8.35. The van der Waals surface area contributed by atoms with Gasteiger partial charge in [-0.25, -0.2) is 4.79 Å². The minimum atomic E-state index is -0.283. The Morgan fingerprint density at radius 1 is 1.03 bits per heavy atom. The van der Waals surface area contributed by atoms with Crippen LogP contribution in [0, 0.1) is 0 Å². The molecule has 2 aromatic rings. The molecule has 2 saturated heterocycles. The zero-order chi connectivity index (χ0) is 25.8. The van der Waals surface area contributed by atoms with E-state index >= 15 is 0 Å². The van der Waals surface area contributed by atoms with E-state index in [0.29, 0.717) is 17.6 Å². The van der Waals surface area contributed by atoms with Crippen molar-refractivity contribution in [1.82, 2.24) is 15.1 Å². The third kappa shape index (κ3) is 6.25. The second-order valence-corrected chi connectivity index (χ2v) is 11.0. The minimum Gasteiger partial charge on any atom is -0.465 e. The quantitative estimate of drug-likeness (QED) is 0.547. The lowest BCUT2D eigenvalue weighted by Crippen LogP contribution is -2.51. The van der Waals surface area contributed by atoms with Crippen LogP contribution >= 0.6 is 0 Å². The van der Waals surface area contributed by atoms with Crippen LogP contribution in [0.25, 0.3) is 11.6 Å². The van der Waals surface area contributed by atoms with Crippen LogP contribution in [0.4, 0.5) is 5.69 Å². The molecular weight excluding hydrogens is 460 g/mol. The average Bonchev–Trinajstić information content (AvgIpc) is 3.37. The Bertz CT molecular complexity index is 1110. The van der Waals surface area contributed by atoms with E-state index in [2.05, 4.69) is 70.3 Å². The van der Waals surface area contributed by atoms with Gasteiger partial charge >= 0.3 is 5.97 Å². The number of nitrogens with one attached hydrogen (secondary N) is 1. The number of rotatable bonds is 8. The van der Waals surface area contributed by atoms with Crippen LogP contribution in [0.15, 0.2) is 42.5 Å². The van der Waals surface area contributed by atoms with E-state index in [-0.39, 0.29) is 5.97 Å². The number of carbonyl (C=O) groups is 1. The molecule has 0 saturated carbocycles. The van der Waals surface area contributed by atoms with Gasteiger partial charge in [-0.05, 0) is 79.6 Å². The van der Waals surface area contributed by atoms with Gasteiger partial charge in [-0.3, -0.25) is 9.80 Å². The summed E-state index contributed by atoms with van der Waals surface area (Å²) in [7, 11) is 1.43. The Morgan fingerprint density at radius 3 is 2.54 bits per heavy atom. The van der Waals surface area contributed by atoms with Gasteiger partial charge in [0.15, 0.2) is 0 Å². The highest BCUT2D eigenvalue weighted by Gasteiger charge is 2.22. The van der Waals surface area contributed by atoms with E-state index in [0.717, 1.165) is 38.2 Å². The van der Waals surface area contributed by atoms with Crippen LogP contribution in [0.2, 0.25) is 0 Å². The molecule has 0 atom stereocenters. The molecule has 0 spiro atoms. The monoisotopic (exact) mass is 502 g/mol. The first kappa shape index (κ1) is 26.0. The SMILES string of the molecule is COC(=O)c1ccc2c(c1)C=C(c1cccc(N3CCC(NCCN4CCN(C(C)C)CC4)CC3)c1)C2. The van der Waals surface area contributed by atoms with Crippen LogP contribution in [0.3, 0.4) is 0 Å². The fourth-order valence-corrected chi connectivity index (χ4v) is 5.94. The summed E-state index contributed by atoms with van der Waals surface area (Å²) >= 11 is 0. The van der Waals surface area contributed by atoms with Gasteiger partial charge in [0.25, 0.3) is 0 Å². The van der Waals surface area contributed by atoms with E-state index < -0.39 is 0 Å². The summed E-state index contributed by atoms with van der Waals surface area (Å²) in [5.74, 6) is -0.283. The average molecular weight is 503 g/mol. The molecule has 0 amide bonds. The van der Waals surface area contributed by atoms with Crippen LogP contribution in [0.1, 0.15) is 53.7 Å². The van der Waals surface area contributed by atoms with Gasteiger partial charge in [-0.2, -0.15) is 0 Å². The Hall–Kier alpha value is -2.67. The first-order chi connectivity index (χ1) is 18.0. The largest absolute Gasteiger partial charge is 0.465 e. The van der Waals surface area contributed by atoms with Crippen molar-refractivity contribution in [3.63, 3.8) is 0 Å². The lowest BCUT2D eigenvalue weighted by Gasteiger charge is -2.37. The summed E-state index contributed by atoms with van der Waals surface area (Å²) in [6.07, 6.45) is 5.50. The van der Waals surface area contributed by atoms with Gasteiger partial charge in [0.2, 0.25) is 0 Å². The predicted octanol–water partition coefficient (Wildman–Crippen LogP) is 4.15.